The third kappa shape index (κ3) is 4.25. The van der Waals surface area contributed by atoms with E-state index in [0.29, 0.717) is 10.9 Å². The van der Waals surface area contributed by atoms with Crippen molar-refractivity contribution in [2.24, 2.45) is 5.10 Å². The van der Waals surface area contributed by atoms with Crippen LogP contribution in [0.2, 0.25) is 5.02 Å². The zero-order valence-electron chi connectivity index (χ0n) is 18.9. The number of hydrazone groups is 1. The Balaban J connectivity index is 1.58. The number of amidine groups is 1. The second-order valence-electron chi connectivity index (χ2n) is 8.60. The monoisotopic (exact) mass is 478 g/mol. The summed E-state index contributed by atoms with van der Waals surface area (Å²) in [6.45, 7) is 5.69. The minimum atomic E-state index is -0.261. The second-order valence-corrected chi connectivity index (χ2v) is 9.99. The van der Waals surface area contributed by atoms with Crippen molar-refractivity contribution in [3.63, 3.8) is 0 Å². The average Bonchev–Trinajstić information content (AvgIpc) is 3.48. The van der Waals surface area contributed by atoms with Gasteiger partial charge >= 0.3 is 0 Å². The van der Waals surface area contributed by atoms with E-state index in [2.05, 4.69) is 47.5 Å². The summed E-state index contributed by atoms with van der Waals surface area (Å²) in [4.78, 5) is 18.2. The van der Waals surface area contributed by atoms with Gasteiger partial charge in [0.25, 0.3) is 0 Å². The first-order chi connectivity index (χ1) is 16.0. The van der Waals surface area contributed by atoms with Crippen LogP contribution in [0.1, 0.15) is 42.8 Å². The standard InChI is InChI=1S/C26H27ClN4OS/c1-18-8-10-20(11-9-18)31-26(24-7-6-16-33-24)30(25(28-31)19(2)32)21-12-13-23(22(27)17-21)29-14-4-3-5-15-29/h6-13,16-17,26H,3-5,14-15H2,1-2H3. The fourth-order valence-corrected chi connectivity index (χ4v) is 5.65. The summed E-state index contributed by atoms with van der Waals surface area (Å²) in [6, 6.07) is 18.5. The van der Waals surface area contributed by atoms with Crippen LogP contribution in [0.3, 0.4) is 0 Å². The van der Waals surface area contributed by atoms with E-state index < -0.39 is 0 Å². The molecule has 0 aliphatic carbocycles. The van der Waals surface area contributed by atoms with E-state index >= 15 is 0 Å². The molecule has 1 aromatic heterocycles. The fourth-order valence-electron chi connectivity index (χ4n) is 4.55. The van der Waals surface area contributed by atoms with Gasteiger partial charge in [0.2, 0.25) is 0 Å². The Bertz CT molecular complexity index is 1170. The van der Waals surface area contributed by atoms with E-state index in [1.165, 1.54) is 24.8 Å². The van der Waals surface area contributed by atoms with Crippen LogP contribution in [0.25, 0.3) is 0 Å². The molecule has 0 bridgehead atoms. The number of carbonyl (C=O) groups is 1. The second kappa shape index (κ2) is 9.20. The van der Waals surface area contributed by atoms with Crippen molar-refractivity contribution in [1.82, 2.24) is 0 Å². The maximum atomic E-state index is 12.7. The van der Waals surface area contributed by atoms with Crippen LogP contribution in [0.5, 0.6) is 0 Å². The molecule has 0 radical (unpaired) electrons. The van der Waals surface area contributed by atoms with Crippen molar-refractivity contribution in [3.05, 3.63) is 75.4 Å². The smallest absolute Gasteiger partial charge is 0.198 e. The van der Waals surface area contributed by atoms with E-state index in [1.54, 1.807) is 18.3 Å². The van der Waals surface area contributed by atoms with Gasteiger partial charge in [0.05, 0.1) is 16.4 Å². The molecule has 2 aliphatic rings. The van der Waals surface area contributed by atoms with Crippen LogP contribution in [-0.2, 0) is 4.79 Å². The lowest BCUT2D eigenvalue weighted by Crippen LogP contribution is -2.37. The van der Waals surface area contributed by atoms with Crippen molar-refractivity contribution >= 4 is 51.6 Å². The average molecular weight is 479 g/mol. The number of halogens is 1. The topological polar surface area (TPSA) is 39.2 Å². The number of Topliss-reactive ketones (excluding diaryl/α,β-unsaturated/α-hetero) is 1. The molecule has 1 atom stereocenters. The van der Waals surface area contributed by atoms with Gasteiger partial charge in [0.1, 0.15) is 0 Å². The van der Waals surface area contributed by atoms with Gasteiger partial charge in [0, 0.05) is 30.6 Å². The molecule has 7 heteroatoms. The lowest BCUT2D eigenvalue weighted by atomic mass is 10.1. The highest BCUT2D eigenvalue weighted by Gasteiger charge is 2.40. The van der Waals surface area contributed by atoms with Crippen LogP contribution in [-0.4, -0.2) is 24.7 Å². The molecule has 0 spiro atoms. The zero-order chi connectivity index (χ0) is 22.9. The van der Waals surface area contributed by atoms with Crippen LogP contribution in [0, 0.1) is 6.92 Å². The predicted octanol–water partition coefficient (Wildman–Crippen LogP) is 6.63. The number of ketones is 1. The van der Waals surface area contributed by atoms with Gasteiger partial charge in [-0.1, -0.05) is 35.4 Å². The Labute approximate surface area is 203 Å². The molecular formula is C26H27ClN4OS. The number of benzene rings is 2. The third-order valence-electron chi connectivity index (χ3n) is 6.22. The molecule has 1 unspecified atom stereocenters. The van der Waals surface area contributed by atoms with E-state index in [-0.39, 0.29) is 11.9 Å². The van der Waals surface area contributed by atoms with E-state index in [1.807, 2.05) is 34.2 Å². The molecule has 5 rings (SSSR count). The molecule has 1 saturated heterocycles. The number of anilines is 3. The zero-order valence-corrected chi connectivity index (χ0v) is 20.4. The molecule has 33 heavy (non-hydrogen) atoms. The van der Waals surface area contributed by atoms with Crippen LogP contribution in [0.4, 0.5) is 17.1 Å². The molecule has 3 heterocycles. The van der Waals surface area contributed by atoms with Gasteiger partial charge < -0.3 is 4.90 Å². The van der Waals surface area contributed by atoms with Crippen molar-refractivity contribution < 1.29 is 4.79 Å². The lowest BCUT2D eigenvalue weighted by molar-refractivity contribution is -0.111. The number of hydrogen-bond acceptors (Lipinski definition) is 6. The predicted molar refractivity (Wildman–Crippen MR) is 139 cm³/mol. The Kier molecular flexibility index (Phi) is 6.13. The highest BCUT2D eigenvalue weighted by atomic mass is 35.5. The Morgan fingerprint density at radius 3 is 2.39 bits per heavy atom. The maximum Gasteiger partial charge on any atom is 0.198 e. The number of piperidine rings is 1. The summed E-state index contributed by atoms with van der Waals surface area (Å²) >= 11 is 8.46. The Morgan fingerprint density at radius 1 is 1.03 bits per heavy atom. The number of hydrogen-bond donors (Lipinski definition) is 0. The van der Waals surface area contributed by atoms with Crippen molar-refractivity contribution in [1.29, 1.82) is 0 Å². The normalized spacial score (nSPS) is 18.6. The van der Waals surface area contributed by atoms with E-state index in [0.717, 1.165) is 35.0 Å². The number of aryl methyl sites for hydroxylation is 1. The van der Waals surface area contributed by atoms with Crippen molar-refractivity contribution in [3.8, 4) is 0 Å². The maximum absolute atomic E-state index is 12.7. The molecular weight excluding hydrogens is 452 g/mol. The lowest BCUT2D eigenvalue weighted by Gasteiger charge is -2.33. The molecule has 0 amide bonds. The summed E-state index contributed by atoms with van der Waals surface area (Å²) in [5.74, 6) is 0.332. The van der Waals surface area contributed by atoms with Gasteiger partial charge in [-0.05, 0) is 68.0 Å². The van der Waals surface area contributed by atoms with Gasteiger partial charge in [-0.3, -0.25) is 9.69 Å². The molecule has 170 valence electrons. The first kappa shape index (κ1) is 22.0. The van der Waals surface area contributed by atoms with Crippen LogP contribution >= 0.6 is 22.9 Å². The molecule has 2 aromatic carbocycles. The molecule has 0 N–H and O–H groups in total. The third-order valence-corrected chi connectivity index (χ3v) is 7.44. The molecule has 2 aliphatic heterocycles. The summed E-state index contributed by atoms with van der Waals surface area (Å²) < 4.78 is 0. The summed E-state index contributed by atoms with van der Waals surface area (Å²) in [5.41, 5.74) is 4.04. The minimum absolute atomic E-state index is 0.0811. The SMILES string of the molecule is CC(=O)C1=NN(c2ccc(C)cc2)C(c2cccs2)N1c1ccc(N2CCCCC2)c(Cl)c1. The number of rotatable bonds is 5. The number of carbonyl (C=O) groups excluding carboxylic acids is 1. The van der Waals surface area contributed by atoms with E-state index in [4.69, 9.17) is 16.7 Å². The Morgan fingerprint density at radius 2 is 1.76 bits per heavy atom. The molecule has 0 saturated carbocycles. The highest BCUT2D eigenvalue weighted by Crippen LogP contribution is 2.42. The first-order valence-electron chi connectivity index (χ1n) is 11.4. The van der Waals surface area contributed by atoms with E-state index in [9.17, 15) is 4.79 Å². The summed E-state index contributed by atoms with van der Waals surface area (Å²) in [5, 5.41) is 9.50. The first-order valence-corrected chi connectivity index (χ1v) is 12.6. The molecule has 3 aromatic rings. The van der Waals surface area contributed by atoms with Gasteiger partial charge in [-0.2, -0.15) is 0 Å². The van der Waals surface area contributed by atoms with Crippen LogP contribution < -0.4 is 14.8 Å². The summed E-state index contributed by atoms with van der Waals surface area (Å²) in [6.07, 6.45) is 3.40. The van der Waals surface area contributed by atoms with Crippen molar-refractivity contribution in [2.45, 2.75) is 39.3 Å². The van der Waals surface area contributed by atoms with Crippen LogP contribution in [0.15, 0.2) is 65.1 Å². The van der Waals surface area contributed by atoms with Crippen molar-refractivity contribution in [2.75, 3.05) is 27.9 Å². The van der Waals surface area contributed by atoms with Gasteiger partial charge in [-0.15, -0.1) is 16.4 Å². The number of nitrogens with zero attached hydrogens (tertiary/aromatic N) is 4. The number of thiophene rings is 1. The molecule has 5 nitrogen and oxygen atoms in total. The molecule has 1 fully saturated rings. The fraction of sp³-hybridized carbons (Fsp3) is 0.308. The quantitative estimate of drug-likeness (QED) is 0.412. The van der Waals surface area contributed by atoms with Gasteiger partial charge in [0.15, 0.2) is 17.8 Å². The van der Waals surface area contributed by atoms with Gasteiger partial charge in [-0.25, -0.2) is 5.01 Å². The summed E-state index contributed by atoms with van der Waals surface area (Å²) in [7, 11) is 0. The minimum Gasteiger partial charge on any atom is -0.370 e. The Hall–Kier alpha value is -2.83. The largest absolute Gasteiger partial charge is 0.370 e. The highest BCUT2D eigenvalue weighted by molar-refractivity contribution is 7.10.